The molecular weight excluding hydrogens is 495 g/mol. The van der Waals surface area contributed by atoms with Crippen LogP contribution in [0.1, 0.15) is 31.2 Å². The summed E-state index contributed by atoms with van der Waals surface area (Å²) in [4.78, 5) is 25.7. The quantitative estimate of drug-likeness (QED) is 0.402. The van der Waals surface area contributed by atoms with Gasteiger partial charge in [0.1, 0.15) is 32.1 Å². The molecule has 11 heteroatoms. The molecule has 2 heterocycles. The molecule has 0 saturated carbocycles. The molecule has 2 amide bonds. The van der Waals surface area contributed by atoms with Gasteiger partial charge >= 0.3 is 0 Å². The Morgan fingerprint density at radius 2 is 1.97 bits per heavy atom. The highest BCUT2D eigenvalue weighted by Gasteiger charge is 2.24. The molecule has 2 radical (unpaired) electrons. The van der Waals surface area contributed by atoms with E-state index < -0.39 is 6.10 Å². The molecule has 1 saturated heterocycles. The summed E-state index contributed by atoms with van der Waals surface area (Å²) in [6.45, 7) is 1.63. The van der Waals surface area contributed by atoms with Crippen LogP contribution in [-0.2, 0) is 9.59 Å². The normalized spacial score (nSPS) is 17.1. The topological polar surface area (TPSA) is 112 Å². The van der Waals surface area contributed by atoms with Crippen LogP contribution in [0.2, 0.25) is 5.02 Å². The average Bonchev–Trinajstić information content (AvgIpc) is 2.91. The third-order valence-corrected chi connectivity index (χ3v) is 6.66. The monoisotopic (exact) mass is 524 g/mol. The number of rotatable bonds is 10. The van der Waals surface area contributed by atoms with E-state index in [0.717, 1.165) is 24.1 Å². The van der Waals surface area contributed by atoms with E-state index in [1.807, 2.05) is 18.2 Å². The van der Waals surface area contributed by atoms with Crippen molar-refractivity contribution in [2.75, 3.05) is 32.8 Å². The first kappa shape index (κ1) is 27.0. The Hall–Kier alpha value is -3.08. The third-order valence-electron chi connectivity index (χ3n) is 6.36. The van der Waals surface area contributed by atoms with Gasteiger partial charge in [0.15, 0.2) is 6.61 Å². The first-order valence-electron chi connectivity index (χ1n) is 12.3. The lowest BCUT2D eigenvalue weighted by Gasteiger charge is -2.33. The van der Waals surface area contributed by atoms with Crippen molar-refractivity contribution in [2.45, 2.75) is 37.8 Å². The maximum atomic E-state index is 12.7. The molecule has 0 spiro atoms. The zero-order valence-electron chi connectivity index (χ0n) is 20.5. The SMILES string of the molecule is [B]c1ccccc1OC[C@@H](O)CNC1CCN(C(=O)COc2ccc(C3=NNC(=O)CC3)cc2Cl)CC1. The van der Waals surface area contributed by atoms with E-state index in [1.165, 1.54) is 0 Å². The number of hydrogen-bond donors (Lipinski definition) is 3. The summed E-state index contributed by atoms with van der Waals surface area (Å²) < 4.78 is 11.3. The van der Waals surface area contributed by atoms with Crippen LogP contribution in [0.25, 0.3) is 0 Å². The maximum Gasteiger partial charge on any atom is 0.260 e. The number of hydrazone groups is 1. The second kappa shape index (κ2) is 12.9. The van der Waals surface area contributed by atoms with Crippen LogP contribution in [0.4, 0.5) is 0 Å². The largest absolute Gasteiger partial charge is 0.491 e. The van der Waals surface area contributed by atoms with E-state index in [2.05, 4.69) is 15.8 Å². The van der Waals surface area contributed by atoms with E-state index >= 15 is 0 Å². The van der Waals surface area contributed by atoms with Gasteiger partial charge in [0.25, 0.3) is 5.91 Å². The lowest BCUT2D eigenvalue weighted by Crippen LogP contribution is -2.48. The summed E-state index contributed by atoms with van der Waals surface area (Å²) in [5.41, 5.74) is 4.56. The number of nitrogens with zero attached hydrogens (tertiary/aromatic N) is 2. The molecular formula is C26H30BClN4O5. The van der Waals surface area contributed by atoms with E-state index in [-0.39, 0.29) is 31.1 Å². The van der Waals surface area contributed by atoms with E-state index in [0.29, 0.717) is 54.5 Å². The molecule has 2 aliphatic rings. The molecule has 9 nitrogen and oxygen atoms in total. The van der Waals surface area contributed by atoms with Gasteiger partial charge < -0.3 is 24.8 Å². The number of hydrogen-bond acceptors (Lipinski definition) is 7. The van der Waals surface area contributed by atoms with Crippen molar-refractivity contribution in [2.24, 2.45) is 5.10 Å². The first-order valence-corrected chi connectivity index (χ1v) is 12.7. The zero-order chi connectivity index (χ0) is 26.2. The maximum absolute atomic E-state index is 12.7. The number of ether oxygens (including phenoxy) is 2. The van der Waals surface area contributed by atoms with Gasteiger partial charge in [-0.05, 0) is 42.7 Å². The summed E-state index contributed by atoms with van der Waals surface area (Å²) in [5.74, 6) is 0.766. The van der Waals surface area contributed by atoms with Crippen LogP contribution < -0.4 is 25.7 Å². The number of carbonyl (C=O) groups excluding carboxylic acids is 2. The first-order chi connectivity index (χ1) is 17.9. The van der Waals surface area contributed by atoms with Gasteiger partial charge in [0.05, 0.1) is 10.7 Å². The number of likely N-dealkylation sites (tertiary alicyclic amines) is 1. The molecule has 2 aliphatic heterocycles. The molecule has 194 valence electrons. The van der Waals surface area contributed by atoms with Crippen LogP contribution in [0, 0.1) is 0 Å². The minimum absolute atomic E-state index is 0.104. The van der Waals surface area contributed by atoms with Crippen LogP contribution in [0.15, 0.2) is 47.6 Å². The summed E-state index contributed by atoms with van der Waals surface area (Å²) in [6, 6.07) is 12.6. The van der Waals surface area contributed by atoms with Gasteiger partial charge in [0.2, 0.25) is 5.91 Å². The lowest BCUT2D eigenvalue weighted by atomic mass is 9.95. The van der Waals surface area contributed by atoms with Gasteiger partial charge in [-0.25, -0.2) is 5.43 Å². The molecule has 0 unspecified atom stereocenters. The number of benzene rings is 2. The van der Waals surface area contributed by atoms with Crippen LogP contribution in [-0.4, -0.2) is 80.4 Å². The molecule has 0 aromatic heterocycles. The van der Waals surface area contributed by atoms with Crippen molar-refractivity contribution in [1.29, 1.82) is 0 Å². The van der Waals surface area contributed by atoms with Crippen LogP contribution in [0.3, 0.4) is 0 Å². The van der Waals surface area contributed by atoms with Crippen molar-refractivity contribution in [3.8, 4) is 11.5 Å². The smallest absolute Gasteiger partial charge is 0.260 e. The van der Waals surface area contributed by atoms with Gasteiger partial charge in [0, 0.05) is 38.5 Å². The minimum Gasteiger partial charge on any atom is -0.491 e. The number of halogens is 1. The van der Waals surface area contributed by atoms with Gasteiger partial charge in [-0.1, -0.05) is 35.3 Å². The summed E-state index contributed by atoms with van der Waals surface area (Å²) in [7, 11) is 5.85. The van der Waals surface area contributed by atoms with Gasteiger partial charge in [-0.3, -0.25) is 9.59 Å². The molecule has 4 rings (SSSR count). The predicted octanol–water partition coefficient (Wildman–Crippen LogP) is 1.15. The fourth-order valence-corrected chi connectivity index (χ4v) is 4.44. The minimum atomic E-state index is -0.673. The highest BCUT2D eigenvalue weighted by molar-refractivity contribution is 6.34. The molecule has 3 N–H and O–H groups in total. The predicted molar refractivity (Wildman–Crippen MR) is 142 cm³/mol. The van der Waals surface area contributed by atoms with Gasteiger partial charge in [-0.2, -0.15) is 5.10 Å². The molecule has 37 heavy (non-hydrogen) atoms. The van der Waals surface area contributed by atoms with Crippen molar-refractivity contribution in [3.63, 3.8) is 0 Å². The number of carbonyl (C=O) groups is 2. The Labute approximate surface area is 222 Å². The van der Waals surface area contributed by atoms with E-state index in [1.54, 1.807) is 29.2 Å². The highest BCUT2D eigenvalue weighted by Crippen LogP contribution is 2.27. The second-order valence-corrected chi connectivity index (χ2v) is 9.50. The number of piperidine rings is 1. The summed E-state index contributed by atoms with van der Waals surface area (Å²) >= 11 is 6.35. The Morgan fingerprint density at radius 3 is 2.68 bits per heavy atom. The Morgan fingerprint density at radius 1 is 1.19 bits per heavy atom. The van der Waals surface area contributed by atoms with Crippen LogP contribution in [0.5, 0.6) is 11.5 Å². The van der Waals surface area contributed by atoms with Crippen molar-refractivity contribution < 1.29 is 24.2 Å². The fourth-order valence-electron chi connectivity index (χ4n) is 4.20. The molecule has 1 atom stereocenters. The lowest BCUT2D eigenvalue weighted by molar-refractivity contribution is -0.134. The second-order valence-electron chi connectivity index (χ2n) is 9.09. The molecule has 0 aliphatic carbocycles. The summed E-state index contributed by atoms with van der Waals surface area (Å²) in [5, 5.41) is 18.0. The fraction of sp³-hybridized carbons (Fsp3) is 0.423. The number of aliphatic hydroxyl groups is 1. The van der Waals surface area contributed by atoms with Crippen molar-refractivity contribution in [3.05, 3.63) is 53.1 Å². The van der Waals surface area contributed by atoms with Crippen LogP contribution >= 0.6 is 11.6 Å². The average molecular weight is 525 g/mol. The highest BCUT2D eigenvalue weighted by atomic mass is 35.5. The number of para-hydroxylation sites is 1. The number of aliphatic hydroxyl groups excluding tert-OH is 1. The van der Waals surface area contributed by atoms with Gasteiger partial charge in [-0.15, -0.1) is 0 Å². The van der Waals surface area contributed by atoms with Crippen molar-refractivity contribution in [1.82, 2.24) is 15.6 Å². The standard InChI is InChI=1S/C26H30BClN4O5/c27-20-3-1-2-4-23(20)36-15-19(33)14-29-18-9-11-32(12-10-18)26(35)16-37-24-7-5-17(13-21(24)28)22-6-8-25(34)31-30-22/h1-5,7,13,18-19,29,33H,6,8-12,14-16H2,(H,31,34)/t19-/m0/s1. The number of nitrogens with one attached hydrogen (secondary N) is 2. The molecule has 0 bridgehead atoms. The Bertz CT molecular complexity index is 1140. The molecule has 2 aromatic rings. The zero-order valence-corrected chi connectivity index (χ0v) is 21.2. The van der Waals surface area contributed by atoms with E-state index in [4.69, 9.17) is 28.9 Å². The third kappa shape index (κ3) is 7.71. The summed E-state index contributed by atoms with van der Waals surface area (Å²) in [6.07, 6.45) is 1.81. The Kier molecular flexibility index (Phi) is 9.43. The Balaban J connectivity index is 1.15. The molecule has 2 aromatic carbocycles. The number of amides is 2. The van der Waals surface area contributed by atoms with Crippen molar-refractivity contribution >= 4 is 42.4 Å². The van der Waals surface area contributed by atoms with E-state index in [9.17, 15) is 14.7 Å². The molecule has 1 fully saturated rings.